The van der Waals surface area contributed by atoms with E-state index in [9.17, 15) is 14.4 Å². The quantitative estimate of drug-likeness (QED) is 0.598. The number of anilines is 2. The highest BCUT2D eigenvalue weighted by Gasteiger charge is 2.29. The summed E-state index contributed by atoms with van der Waals surface area (Å²) in [6.07, 6.45) is 5.18. The van der Waals surface area contributed by atoms with Crippen molar-refractivity contribution in [3.05, 3.63) is 48.3 Å². The molecule has 9 nitrogen and oxygen atoms in total. The fraction of sp³-hybridized carbons (Fsp3) is 0.480. The molecule has 1 aliphatic heterocycles. The lowest BCUT2D eigenvalue weighted by Gasteiger charge is -2.34. The highest BCUT2D eigenvalue weighted by atomic mass is 16.6. The van der Waals surface area contributed by atoms with E-state index in [1.54, 1.807) is 35.2 Å². The number of amides is 4. The predicted molar refractivity (Wildman–Crippen MR) is 130 cm³/mol. The fourth-order valence-electron chi connectivity index (χ4n) is 3.97. The minimum atomic E-state index is -0.517. The Morgan fingerprint density at radius 3 is 2.12 bits per heavy atom. The van der Waals surface area contributed by atoms with Gasteiger partial charge in [0.05, 0.1) is 0 Å². The van der Waals surface area contributed by atoms with E-state index in [2.05, 4.69) is 16.0 Å². The molecule has 0 spiro atoms. The minimum Gasteiger partial charge on any atom is -0.444 e. The molecule has 1 saturated heterocycles. The van der Waals surface area contributed by atoms with Crippen molar-refractivity contribution in [1.29, 1.82) is 0 Å². The molecule has 2 fully saturated rings. The SMILES string of the molecule is CC(C)(C)OC(=O)N1CCC(n2cccc2C(=O)Nc2ccc(NC(=O)NC3CC3)cc2)CC1. The third-order valence-electron chi connectivity index (χ3n) is 5.83. The number of urea groups is 1. The van der Waals surface area contributed by atoms with Crippen molar-refractivity contribution in [3.8, 4) is 0 Å². The zero-order valence-electron chi connectivity index (χ0n) is 20.0. The summed E-state index contributed by atoms with van der Waals surface area (Å²) in [5, 5.41) is 8.59. The van der Waals surface area contributed by atoms with E-state index in [0.717, 1.165) is 25.7 Å². The van der Waals surface area contributed by atoms with Gasteiger partial charge in [0.25, 0.3) is 5.91 Å². The van der Waals surface area contributed by atoms with Crippen molar-refractivity contribution in [2.45, 2.75) is 64.1 Å². The second-order valence-electron chi connectivity index (χ2n) is 9.90. The van der Waals surface area contributed by atoms with Gasteiger partial charge in [-0.05, 0) is 82.9 Å². The number of nitrogens with one attached hydrogen (secondary N) is 3. The molecule has 182 valence electrons. The molecule has 1 saturated carbocycles. The Balaban J connectivity index is 1.31. The average molecular weight is 468 g/mol. The van der Waals surface area contributed by atoms with Crippen LogP contribution in [0.15, 0.2) is 42.6 Å². The molecule has 1 aliphatic carbocycles. The normalized spacial score (nSPS) is 16.6. The Labute approximate surface area is 199 Å². The number of aromatic nitrogens is 1. The maximum absolute atomic E-state index is 13.0. The summed E-state index contributed by atoms with van der Waals surface area (Å²) in [7, 11) is 0. The van der Waals surface area contributed by atoms with E-state index in [-0.39, 0.29) is 24.1 Å². The van der Waals surface area contributed by atoms with Gasteiger partial charge in [0.15, 0.2) is 0 Å². The van der Waals surface area contributed by atoms with Gasteiger partial charge in [-0.1, -0.05) is 0 Å². The molecule has 2 aromatic rings. The van der Waals surface area contributed by atoms with Crippen LogP contribution in [0.5, 0.6) is 0 Å². The number of carbonyl (C=O) groups is 3. The zero-order chi connectivity index (χ0) is 24.3. The van der Waals surface area contributed by atoms with Crippen LogP contribution < -0.4 is 16.0 Å². The first-order chi connectivity index (χ1) is 16.2. The molecule has 34 heavy (non-hydrogen) atoms. The third-order valence-corrected chi connectivity index (χ3v) is 5.83. The molecule has 1 aromatic carbocycles. The van der Waals surface area contributed by atoms with Crippen LogP contribution in [-0.4, -0.2) is 52.2 Å². The van der Waals surface area contributed by atoms with Gasteiger partial charge < -0.3 is 30.2 Å². The van der Waals surface area contributed by atoms with Crippen LogP contribution in [0.4, 0.5) is 21.0 Å². The third kappa shape index (κ3) is 6.30. The lowest BCUT2D eigenvalue weighted by molar-refractivity contribution is 0.0187. The lowest BCUT2D eigenvalue weighted by Crippen LogP contribution is -2.42. The van der Waals surface area contributed by atoms with Gasteiger partial charge in [-0.2, -0.15) is 0 Å². The largest absolute Gasteiger partial charge is 0.444 e. The molecule has 0 bridgehead atoms. The summed E-state index contributed by atoms with van der Waals surface area (Å²) >= 11 is 0. The monoisotopic (exact) mass is 467 g/mol. The van der Waals surface area contributed by atoms with Crippen molar-refractivity contribution >= 4 is 29.4 Å². The molecule has 4 amide bonds. The van der Waals surface area contributed by atoms with Crippen LogP contribution in [0.1, 0.15) is 63.0 Å². The van der Waals surface area contributed by atoms with Gasteiger partial charge in [-0.25, -0.2) is 9.59 Å². The van der Waals surface area contributed by atoms with E-state index < -0.39 is 5.60 Å². The maximum atomic E-state index is 13.0. The number of ether oxygens (including phenoxy) is 1. The Bertz CT molecular complexity index is 1030. The predicted octanol–water partition coefficient (Wildman–Crippen LogP) is 4.60. The topological polar surface area (TPSA) is 105 Å². The van der Waals surface area contributed by atoms with Crippen molar-refractivity contribution in [2.24, 2.45) is 0 Å². The highest BCUT2D eigenvalue weighted by Crippen LogP contribution is 2.26. The fourth-order valence-corrected chi connectivity index (χ4v) is 3.97. The maximum Gasteiger partial charge on any atom is 0.410 e. The average Bonchev–Trinajstić information content (AvgIpc) is 3.44. The first-order valence-corrected chi connectivity index (χ1v) is 11.8. The van der Waals surface area contributed by atoms with E-state index in [1.807, 2.05) is 37.6 Å². The van der Waals surface area contributed by atoms with Crippen LogP contribution in [0.2, 0.25) is 0 Å². The number of benzene rings is 1. The summed E-state index contributed by atoms with van der Waals surface area (Å²) < 4.78 is 7.46. The van der Waals surface area contributed by atoms with Crippen LogP contribution in [0, 0.1) is 0 Å². The van der Waals surface area contributed by atoms with Crippen LogP contribution in [0.3, 0.4) is 0 Å². The standard InChI is InChI=1S/C25H33N5O4/c1-25(2,3)34-24(33)29-15-12-20(13-16-29)30-14-4-5-21(30)22(31)26-17-6-8-18(9-7-17)27-23(32)28-19-10-11-19/h4-9,14,19-20H,10-13,15-16H2,1-3H3,(H,26,31)(H2,27,28,32). The molecule has 2 aliphatic rings. The Morgan fingerprint density at radius 2 is 1.53 bits per heavy atom. The van der Waals surface area contributed by atoms with Gasteiger partial charge in [0.1, 0.15) is 11.3 Å². The molecule has 1 aromatic heterocycles. The Hall–Kier alpha value is -3.49. The van der Waals surface area contributed by atoms with Gasteiger partial charge in [-0.15, -0.1) is 0 Å². The number of rotatable bonds is 5. The summed E-state index contributed by atoms with van der Waals surface area (Å²) in [5.74, 6) is -0.202. The van der Waals surface area contributed by atoms with Crippen LogP contribution in [0.25, 0.3) is 0 Å². The summed E-state index contributed by atoms with van der Waals surface area (Å²) in [6, 6.07) is 10.9. The number of piperidine rings is 1. The molecular weight excluding hydrogens is 434 g/mol. The van der Waals surface area contributed by atoms with Crippen molar-refractivity contribution < 1.29 is 19.1 Å². The number of likely N-dealkylation sites (tertiary alicyclic amines) is 1. The number of carbonyl (C=O) groups excluding carboxylic acids is 3. The van der Waals surface area contributed by atoms with Gasteiger partial charge in [-0.3, -0.25) is 4.79 Å². The zero-order valence-corrected chi connectivity index (χ0v) is 20.0. The van der Waals surface area contributed by atoms with Gasteiger partial charge in [0, 0.05) is 42.7 Å². The molecule has 0 unspecified atom stereocenters. The molecule has 9 heteroatoms. The molecule has 3 N–H and O–H groups in total. The van der Waals surface area contributed by atoms with Crippen molar-refractivity contribution in [1.82, 2.24) is 14.8 Å². The van der Waals surface area contributed by atoms with Crippen molar-refractivity contribution in [3.63, 3.8) is 0 Å². The number of nitrogens with zero attached hydrogens (tertiary/aromatic N) is 2. The van der Waals surface area contributed by atoms with Gasteiger partial charge >= 0.3 is 12.1 Å². The molecule has 2 heterocycles. The van der Waals surface area contributed by atoms with E-state index in [0.29, 0.717) is 36.2 Å². The van der Waals surface area contributed by atoms with Crippen molar-refractivity contribution in [2.75, 3.05) is 23.7 Å². The Kier molecular flexibility index (Phi) is 6.81. The van der Waals surface area contributed by atoms with Crippen LogP contribution in [-0.2, 0) is 4.74 Å². The number of hydrogen-bond acceptors (Lipinski definition) is 4. The molecule has 4 rings (SSSR count). The van der Waals surface area contributed by atoms with E-state index in [4.69, 9.17) is 4.74 Å². The van der Waals surface area contributed by atoms with E-state index >= 15 is 0 Å². The molecular formula is C25H33N5O4. The summed E-state index contributed by atoms with van der Waals surface area (Å²) in [4.78, 5) is 38.9. The van der Waals surface area contributed by atoms with Crippen LogP contribution >= 0.6 is 0 Å². The highest BCUT2D eigenvalue weighted by molar-refractivity contribution is 6.03. The molecule has 0 atom stereocenters. The first kappa shape index (κ1) is 23.7. The van der Waals surface area contributed by atoms with E-state index in [1.165, 1.54) is 0 Å². The Morgan fingerprint density at radius 1 is 0.912 bits per heavy atom. The summed E-state index contributed by atoms with van der Waals surface area (Å²) in [6.45, 7) is 6.75. The summed E-state index contributed by atoms with van der Waals surface area (Å²) in [5.41, 5.74) is 1.36. The van der Waals surface area contributed by atoms with Gasteiger partial charge in [0.2, 0.25) is 0 Å². The molecule has 0 radical (unpaired) electrons. The first-order valence-electron chi connectivity index (χ1n) is 11.8. The smallest absolute Gasteiger partial charge is 0.410 e. The number of hydrogen-bond donors (Lipinski definition) is 3. The second-order valence-corrected chi connectivity index (χ2v) is 9.90. The minimum absolute atomic E-state index is 0.131. The second kappa shape index (κ2) is 9.79. The lowest BCUT2D eigenvalue weighted by atomic mass is 10.0.